The quantitative estimate of drug-likeness (QED) is 0.839. The first kappa shape index (κ1) is 17.7. The third-order valence-electron chi connectivity index (χ3n) is 3.63. The third kappa shape index (κ3) is 4.21. The van der Waals surface area contributed by atoms with Crippen LogP contribution in [0.4, 0.5) is 11.4 Å². The van der Waals surface area contributed by atoms with Crippen LogP contribution in [-0.2, 0) is 9.59 Å². The summed E-state index contributed by atoms with van der Waals surface area (Å²) in [4.78, 5) is 25.0. The Balaban J connectivity index is 2.13. The summed E-state index contributed by atoms with van der Waals surface area (Å²) in [6.07, 6.45) is 0. The van der Waals surface area contributed by atoms with Crippen molar-refractivity contribution in [3.63, 3.8) is 0 Å². The number of benzene rings is 2. The predicted molar refractivity (Wildman–Crippen MR) is 93.4 cm³/mol. The second kappa shape index (κ2) is 7.29. The summed E-state index contributed by atoms with van der Waals surface area (Å²) in [5.74, 6) is -1.01. The number of nitrogens with zero attached hydrogens (tertiary/aromatic N) is 2. The van der Waals surface area contributed by atoms with Crippen molar-refractivity contribution in [1.29, 1.82) is 10.5 Å². The molecule has 6 heteroatoms. The summed E-state index contributed by atoms with van der Waals surface area (Å²) in [7, 11) is 0. The number of hydrogen-bond acceptors (Lipinski definition) is 4. The zero-order valence-electron chi connectivity index (χ0n) is 13.8. The summed E-state index contributed by atoms with van der Waals surface area (Å²) in [5.41, 5.74) is 0.347. The minimum atomic E-state index is -1.36. The van der Waals surface area contributed by atoms with E-state index < -0.39 is 17.2 Å². The number of nitriles is 2. The Labute approximate surface area is 145 Å². The Morgan fingerprint density at radius 3 is 1.60 bits per heavy atom. The standard InChI is InChI=1S/C19H16N4O2/c1-19(2,17(24)22-15-7-3-5-13(9-15)11-20)18(25)23-16-8-4-6-14(10-16)12-21/h3-10H,1-2H3,(H,22,24)(H,23,25). The zero-order valence-corrected chi connectivity index (χ0v) is 13.8. The fourth-order valence-corrected chi connectivity index (χ4v) is 2.01. The topological polar surface area (TPSA) is 106 Å². The summed E-state index contributed by atoms with van der Waals surface area (Å²) >= 11 is 0. The lowest BCUT2D eigenvalue weighted by atomic mass is 9.90. The summed E-state index contributed by atoms with van der Waals surface area (Å²) < 4.78 is 0. The van der Waals surface area contributed by atoms with Gasteiger partial charge in [0.15, 0.2) is 0 Å². The highest BCUT2D eigenvalue weighted by Crippen LogP contribution is 2.22. The molecule has 0 bridgehead atoms. The molecule has 2 amide bonds. The van der Waals surface area contributed by atoms with Crippen molar-refractivity contribution < 1.29 is 9.59 Å². The molecule has 0 heterocycles. The molecule has 0 aliphatic heterocycles. The molecule has 0 unspecified atom stereocenters. The maximum absolute atomic E-state index is 12.5. The van der Waals surface area contributed by atoms with Crippen LogP contribution in [0.5, 0.6) is 0 Å². The SMILES string of the molecule is CC(C)(C(=O)Nc1cccc(C#N)c1)C(=O)Nc1cccc(C#N)c1. The van der Waals surface area contributed by atoms with E-state index in [4.69, 9.17) is 10.5 Å². The molecule has 0 radical (unpaired) electrons. The molecule has 6 nitrogen and oxygen atoms in total. The molecule has 25 heavy (non-hydrogen) atoms. The van der Waals surface area contributed by atoms with E-state index in [0.717, 1.165) is 0 Å². The Bertz CT molecular complexity index is 831. The van der Waals surface area contributed by atoms with Gasteiger partial charge in [0.25, 0.3) is 0 Å². The molecule has 2 rings (SSSR count). The highest BCUT2D eigenvalue weighted by molar-refractivity contribution is 6.14. The van der Waals surface area contributed by atoms with Crippen LogP contribution in [0, 0.1) is 28.1 Å². The molecular formula is C19H16N4O2. The Kier molecular flexibility index (Phi) is 5.16. The number of amides is 2. The van der Waals surface area contributed by atoms with Crippen molar-refractivity contribution >= 4 is 23.2 Å². The van der Waals surface area contributed by atoms with Gasteiger partial charge in [-0.05, 0) is 50.2 Å². The van der Waals surface area contributed by atoms with Crippen LogP contribution in [-0.4, -0.2) is 11.8 Å². The van der Waals surface area contributed by atoms with E-state index in [1.54, 1.807) is 36.4 Å². The van der Waals surface area contributed by atoms with Gasteiger partial charge in [-0.2, -0.15) is 10.5 Å². The lowest BCUT2D eigenvalue weighted by molar-refractivity contribution is -0.135. The van der Waals surface area contributed by atoms with Crippen LogP contribution < -0.4 is 10.6 Å². The molecule has 2 N–H and O–H groups in total. The summed E-state index contributed by atoms with van der Waals surface area (Å²) in [6.45, 7) is 3.00. The minimum absolute atomic E-state index is 0.411. The van der Waals surface area contributed by atoms with E-state index in [1.807, 2.05) is 12.1 Å². The molecule has 0 saturated carbocycles. The Hall–Kier alpha value is -3.64. The molecule has 0 spiro atoms. The molecule has 0 aliphatic carbocycles. The van der Waals surface area contributed by atoms with E-state index in [9.17, 15) is 9.59 Å². The first-order valence-corrected chi connectivity index (χ1v) is 7.50. The molecule has 0 saturated heterocycles. The second-order valence-corrected chi connectivity index (χ2v) is 5.92. The van der Waals surface area contributed by atoms with Gasteiger partial charge in [0.05, 0.1) is 23.3 Å². The normalized spacial score (nSPS) is 10.2. The Morgan fingerprint density at radius 2 is 1.24 bits per heavy atom. The first-order chi connectivity index (χ1) is 11.9. The lowest BCUT2D eigenvalue weighted by Crippen LogP contribution is -2.41. The smallest absolute Gasteiger partial charge is 0.239 e. The minimum Gasteiger partial charge on any atom is -0.325 e. The maximum atomic E-state index is 12.5. The highest BCUT2D eigenvalue weighted by Gasteiger charge is 2.36. The van der Waals surface area contributed by atoms with Crippen molar-refractivity contribution in [3.05, 3.63) is 59.7 Å². The first-order valence-electron chi connectivity index (χ1n) is 7.50. The van der Waals surface area contributed by atoms with Gasteiger partial charge in [-0.15, -0.1) is 0 Å². The van der Waals surface area contributed by atoms with Crippen LogP contribution in [0.15, 0.2) is 48.5 Å². The number of rotatable bonds is 4. The largest absolute Gasteiger partial charge is 0.325 e. The lowest BCUT2D eigenvalue weighted by Gasteiger charge is -2.22. The van der Waals surface area contributed by atoms with Crippen molar-refractivity contribution in [2.24, 2.45) is 5.41 Å². The Morgan fingerprint density at radius 1 is 0.840 bits per heavy atom. The fourth-order valence-electron chi connectivity index (χ4n) is 2.01. The van der Waals surface area contributed by atoms with E-state index in [0.29, 0.717) is 22.5 Å². The van der Waals surface area contributed by atoms with Crippen LogP contribution in [0.2, 0.25) is 0 Å². The molecule has 124 valence electrons. The van der Waals surface area contributed by atoms with Gasteiger partial charge in [-0.3, -0.25) is 9.59 Å². The van der Waals surface area contributed by atoms with Gasteiger partial charge in [-0.25, -0.2) is 0 Å². The molecule has 2 aromatic carbocycles. The van der Waals surface area contributed by atoms with E-state index in [1.165, 1.54) is 26.0 Å². The molecule has 2 aromatic rings. The van der Waals surface area contributed by atoms with E-state index >= 15 is 0 Å². The average Bonchev–Trinajstić information content (AvgIpc) is 2.61. The van der Waals surface area contributed by atoms with Gasteiger partial charge in [0, 0.05) is 11.4 Å². The van der Waals surface area contributed by atoms with Crippen molar-refractivity contribution in [1.82, 2.24) is 0 Å². The highest BCUT2D eigenvalue weighted by atomic mass is 16.2. The average molecular weight is 332 g/mol. The molecule has 0 fully saturated rings. The maximum Gasteiger partial charge on any atom is 0.239 e. The number of carbonyl (C=O) groups is 2. The van der Waals surface area contributed by atoms with E-state index in [-0.39, 0.29) is 0 Å². The van der Waals surface area contributed by atoms with Gasteiger partial charge < -0.3 is 10.6 Å². The third-order valence-corrected chi connectivity index (χ3v) is 3.63. The predicted octanol–water partition coefficient (Wildman–Crippen LogP) is 3.03. The van der Waals surface area contributed by atoms with Gasteiger partial charge in [-0.1, -0.05) is 12.1 Å². The number of nitrogens with one attached hydrogen (secondary N) is 2. The number of anilines is 2. The van der Waals surface area contributed by atoms with Gasteiger partial charge in [0.2, 0.25) is 11.8 Å². The zero-order chi connectivity index (χ0) is 18.4. The number of hydrogen-bond donors (Lipinski definition) is 2. The fraction of sp³-hybridized carbons (Fsp3) is 0.158. The van der Waals surface area contributed by atoms with Crippen LogP contribution in [0.1, 0.15) is 25.0 Å². The van der Waals surface area contributed by atoms with Gasteiger partial charge in [0.1, 0.15) is 5.41 Å². The molecule has 0 aromatic heterocycles. The van der Waals surface area contributed by atoms with Crippen molar-refractivity contribution in [2.75, 3.05) is 10.6 Å². The molecule has 0 atom stereocenters. The van der Waals surface area contributed by atoms with Gasteiger partial charge >= 0.3 is 0 Å². The summed E-state index contributed by atoms with van der Waals surface area (Å²) in [6, 6.07) is 16.9. The molecule has 0 aliphatic rings. The molecular weight excluding hydrogens is 316 g/mol. The van der Waals surface area contributed by atoms with Crippen molar-refractivity contribution in [2.45, 2.75) is 13.8 Å². The second-order valence-electron chi connectivity index (χ2n) is 5.92. The van der Waals surface area contributed by atoms with Crippen LogP contribution in [0.3, 0.4) is 0 Å². The van der Waals surface area contributed by atoms with Crippen LogP contribution >= 0.6 is 0 Å². The summed E-state index contributed by atoms with van der Waals surface area (Å²) in [5, 5.41) is 23.1. The van der Waals surface area contributed by atoms with E-state index in [2.05, 4.69) is 10.6 Å². The monoisotopic (exact) mass is 332 g/mol. The number of carbonyl (C=O) groups excluding carboxylic acids is 2. The van der Waals surface area contributed by atoms with Crippen molar-refractivity contribution in [3.8, 4) is 12.1 Å². The van der Waals surface area contributed by atoms with Crippen LogP contribution in [0.25, 0.3) is 0 Å².